The minimum Gasteiger partial charge on any atom is 1.00 e. The van der Waals surface area contributed by atoms with Crippen LogP contribution in [0.4, 0.5) is 0 Å². The van der Waals surface area contributed by atoms with E-state index in [9.17, 15) is 5.11 Å². The first-order valence-electron chi connectivity index (χ1n) is 12.0. The van der Waals surface area contributed by atoms with Crippen molar-refractivity contribution in [3.8, 4) is 11.5 Å². The maximum atomic E-state index is 9.30. The summed E-state index contributed by atoms with van der Waals surface area (Å²) in [5.74, 6) is 3.31. The van der Waals surface area contributed by atoms with Crippen LogP contribution in [-0.2, 0) is 9.31 Å². The Morgan fingerprint density at radius 3 is 2.00 bits per heavy atom. The molecule has 2 radical (unpaired) electrons. The minimum absolute atomic E-state index is 0. The number of hydrogen-bond acceptors (Lipinski definition) is 2. The largest absolute Gasteiger partial charge is 1.00 e. The summed E-state index contributed by atoms with van der Waals surface area (Å²) in [5.41, 5.74) is 0. The minimum atomic E-state index is -0.728. The quantitative estimate of drug-likeness (QED) is 0.173. The van der Waals surface area contributed by atoms with Gasteiger partial charge in [0.15, 0.2) is 0 Å². The van der Waals surface area contributed by atoms with Crippen LogP contribution < -0.4 is 34.3 Å². The summed E-state index contributed by atoms with van der Waals surface area (Å²) >= 11 is 0. The zero-order chi connectivity index (χ0) is 22.6. The van der Waals surface area contributed by atoms with Crippen molar-refractivity contribution in [2.24, 2.45) is 0 Å². The Hall–Kier alpha value is 0.949. The first-order chi connectivity index (χ1) is 14.2. The molecule has 0 fully saturated rings. The summed E-state index contributed by atoms with van der Waals surface area (Å²) in [5, 5.41) is 9.30. The molecule has 2 nitrogen and oxygen atoms in total. The Bertz CT molecular complexity index is 643. The average Bonchev–Trinajstić information content (AvgIpc) is 2.67. The van der Waals surface area contributed by atoms with Crippen molar-refractivity contribution in [1.82, 2.24) is 0 Å². The number of phenolic OH excluding ortho intramolecular Hbond substituents is 1. The molecule has 0 saturated heterocycles. The summed E-state index contributed by atoms with van der Waals surface area (Å²) in [6, 6.07) is 9.70. The van der Waals surface area contributed by atoms with Gasteiger partial charge in [0.1, 0.15) is 5.75 Å². The van der Waals surface area contributed by atoms with E-state index in [0.717, 1.165) is 44.4 Å². The Kier molecular flexibility index (Phi) is 17.9. The fourth-order valence-corrected chi connectivity index (χ4v) is 9.96. The number of hydrogen-bond donors (Lipinski definition) is 1. The molecule has 0 aromatic heterocycles. The number of unbranched alkanes of at least 4 members (excludes halogenated alkanes) is 5. The van der Waals surface area contributed by atoms with Crippen LogP contribution in [0.15, 0.2) is 24.3 Å². The van der Waals surface area contributed by atoms with Crippen LogP contribution in [0.2, 0.25) is 0 Å². The van der Waals surface area contributed by atoms with Crippen LogP contribution in [0.1, 0.15) is 38.5 Å². The predicted octanol–water partition coefficient (Wildman–Crippen LogP) is -6.95. The van der Waals surface area contributed by atoms with Gasteiger partial charge in [-0.2, -0.15) is 0 Å². The fourth-order valence-electron chi connectivity index (χ4n) is 4.86. The Morgan fingerprint density at radius 1 is 0.968 bits per heavy atom. The monoisotopic (exact) mass is 423 g/mol. The summed E-state index contributed by atoms with van der Waals surface area (Å²) < 4.78 is 5.74. The first-order valence-corrected chi connectivity index (χ1v) is 14.3. The van der Waals surface area contributed by atoms with Crippen LogP contribution in [0, 0.1) is 0 Å². The maximum Gasteiger partial charge on any atom is 1.00 e. The van der Waals surface area contributed by atoms with Crippen molar-refractivity contribution >= 4 is 93.8 Å². The molecule has 0 aliphatic rings. The van der Waals surface area contributed by atoms with E-state index < -0.39 is 9.31 Å². The number of aromatic hydroxyl groups is 1. The molecular formula is C15H36B12NaO2S+. The number of ether oxygens (including phenoxy) is 1. The fraction of sp³-hybridized carbons (Fsp3) is 0.600. The van der Waals surface area contributed by atoms with Crippen LogP contribution in [0.3, 0.4) is 0 Å². The smallest absolute Gasteiger partial charge is 1.00 e. The molecule has 0 bridgehead atoms. The third kappa shape index (κ3) is 12.8. The topological polar surface area (TPSA) is 29.5 Å². The van der Waals surface area contributed by atoms with Crippen LogP contribution in [-0.4, -0.2) is 108 Å². The molecule has 0 aliphatic heterocycles. The molecule has 0 aliphatic carbocycles. The summed E-state index contributed by atoms with van der Waals surface area (Å²) in [7, 11) is 16.4. The van der Waals surface area contributed by atoms with Gasteiger partial charge in [0, 0.05) is 0 Å². The molecule has 1 aromatic rings. The van der Waals surface area contributed by atoms with Gasteiger partial charge in [-0.1, -0.05) is 0 Å². The van der Waals surface area contributed by atoms with E-state index in [0.29, 0.717) is 6.39 Å². The van der Waals surface area contributed by atoms with E-state index in [2.05, 4.69) is 58.7 Å². The predicted molar refractivity (Wildman–Crippen MR) is 165 cm³/mol. The average molecular weight is 424 g/mol. The van der Waals surface area contributed by atoms with E-state index in [1.165, 1.54) is 37.9 Å². The van der Waals surface area contributed by atoms with E-state index in [4.69, 9.17) is 4.74 Å². The van der Waals surface area contributed by atoms with Gasteiger partial charge in [0.2, 0.25) is 0 Å². The van der Waals surface area contributed by atoms with Gasteiger partial charge in [-0.25, -0.2) is 0 Å². The molecule has 0 spiro atoms. The van der Waals surface area contributed by atoms with Gasteiger partial charge in [0.25, 0.3) is 0 Å². The van der Waals surface area contributed by atoms with Crippen molar-refractivity contribution in [2.75, 3.05) is 18.6 Å². The van der Waals surface area contributed by atoms with Crippen molar-refractivity contribution in [3.05, 3.63) is 24.3 Å². The molecule has 1 aromatic carbocycles. The second kappa shape index (κ2) is 17.4. The van der Waals surface area contributed by atoms with E-state index in [1.54, 1.807) is 12.1 Å². The van der Waals surface area contributed by atoms with Crippen LogP contribution in [0.25, 0.3) is 0 Å². The molecular weight excluding hydrogens is 387 g/mol. The van der Waals surface area contributed by atoms with Crippen molar-refractivity contribution in [1.29, 1.82) is 0 Å². The van der Waals surface area contributed by atoms with Crippen molar-refractivity contribution in [3.63, 3.8) is 0 Å². The second-order valence-electron chi connectivity index (χ2n) is 9.75. The third-order valence-corrected chi connectivity index (χ3v) is 10.6. The number of phenols is 1. The molecule has 1 N–H and O–H groups in total. The molecule has 1 rings (SSSR count). The zero-order valence-corrected chi connectivity index (χ0v) is 24.3. The van der Waals surface area contributed by atoms with Gasteiger partial charge < -0.3 is 5.11 Å². The summed E-state index contributed by atoms with van der Waals surface area (Å²) in [4.78, 5) is 0. The molecule has 31 heavy (non-hydrogen) atoms. The molecule has 1 unspecified atom stereocenters. The van der Waals surface area contributed by atoms with Gasteiger partial charge in [0.05, 0.1) is 0 Å². The zero-order valence-electron chi connectivity index (χ0n) is 21.5. The van der Waals surface area contributed by atoms with Crippen molar-refractivity contribution in [2.45, 2.75) is 38.5 Å². The Labute approximate surface area is 224 Å². The van der Waals surface area contributed by atoms with Crippen LogP contribution >= 0.6 is 0 Å². The van der Waals surface area contributed by atoms with Gasteiger partial charge >= 0.3 is 203 Å². The molecule has 0 heterocycles. The maximum absolute atomic E-state index is 9.30. The molecule has 16 heteroatoms. The molecule has 0 amide bonds. The summed E-state index contributed by atoms with van der Waals surface area (Å²) in [6.07, 6.45) is 12.3. The number of rotatable bonds is 15. The summed E-state index contributed by atoms with van der Waals surface area (Å²) in [6.45, 7) is 0.759. The SMILES string of the molecule is [10BH-][10BH][10B]([10BH2])[10B]=[S+](C)(CCCCCCCCOc1ccc(O)cc1)[10B]([10B]([10BH2])[10BH2])[10B]([10BH2])[10BH2].[Na+]. The molecule has 1 atom stereocenters. The number of benzene rings is 1. The van der Waals surface area contributed by atoms with E-state index in [-0.39, 0.29) is 35.3 Å². The Morgan fingerprint density at radius 2 is 1.48 bits per heavy atom. The van der Waals surface area contributed by atoms with E-state index in [1.807, 2.05) is 12.1 Å². The van der Waals surface area contributed by atoms with E-state index >= 15 is 0 Å². The second-order valence-corrected chi connectivity index (χ2v) is 13.4. The standard InChI is InChI=1S/C15H35B12O2S.Na/c1-30(23-26(21)22-16,27(24(17)18)25(19)20)13-7-5-3-2-4-6-12-29-15-10-8-14(28)9-11-15;/h8-11,16,22H,2-7,12-13,17-21H2,1H3;/q-1;+1/p+1/i16-1,17-1,18-1,19-1,20-1,21-1,22-1,23-1,24-1,25-1,26-1,27-1;. The van der Waals surface area contributed by atoms with Gasteiger partial charge in [-0.15, -0.1) is 0 Å². The first kappa shape index (κ1) is 31.9. The molecule has 150 valence electrons. The Balaban J connectivity index is 0.00000900. The molecule has 0 saturated carbocycles. The van der Waals surface area contributed by atoms with Crippen molar-refractivity contribution < 1.29 is 39.4 Å². The van der Waals surface area contributed by atoms with Gasteiger partial charge in [-0.3, -0.25) is 0 Å². The van der Waals surface area contributed by atoms with Crippen LogP contribution in [0.5, 0.6) is 11.5 Å². The normalized spacial score (nSPS) is 11.9. The van der Waals surface area contributed by atoms with Gasteiger partial charge in [-0.05, 0) is 12.1 Å². The third-order valence-electron chi connectivity index (χ3n) is 6.02.